The summed E-state index contributed by atoms with van der Waals surface area (Å²) in [6, 6.07) is 11.3. The highest BCUT2D eigenvalue weighted by Gasteiger charge is 2.00. The van der Waals surface area contributed by atoms with Gasteiger partial charge in [0.2, 0.25) is 0 Å². The molecule has 0 saturated heterocycles. The number of fused-ring (bicyclic) bond motifs is 1. The van der Waals surface area contributed by atoms with E-state index in [1.807, 2.05) is 36.4 Å². The molecule has 0 atom stereocenters. The van der Waals surface area contributed by atoms with Crippen LogP contribution in [0.2, 0.25) is 0 Å². The van der Waals surface area contributed by atoms with Crippen molar-refractivity contribution in [2.24, 2.45) is 0 Å². The number of benzene rings is 2. The fourth-order valence-electron chi connectivity index (χ4n) is 1.52. The van der Waals surface area contributed by atoms with Crippen LogP contribution >= 0.6 is 0 Å². The Bertz CT molecular complexity index is 475. The molecule has 0 fully saturated rings. The second-order valence-corrected chi connectivity index (χ2v) is 3.05. The number of methoxy groups -OCH3 is 1. The predicted molar refractivity (Wildman–Crippen MR) is 55.9 cm³/mol. The highest BCUT2D eigenvalue weighted by Crippen LogP contribution is 2.22. The monoisotopic (exact) mass is 186 g/mol. The van der Waals surface area contributed by atoms with Crippen LogP contribution in [0.5, 0.6) is 5.75 Å². The number of ether oxygens (including phenoxy) is 1. The van der Waals surface area contributed by atoms with Gasteiger partial charge in [-0.05, 0) is 29.0 Å². The maximum absolute atomic E-state index is 10.7. The lowest BCUT2D eigenvalue weighted by molar-refractivity contribution is 0.112. The zero-order chi connectivity index (χ0) is 9.97. The first-order valence-electron chi connectivity index (χ1n) is 4.37. The third kappa shape index (κ3) is 1.35. The van der Waals surface area contributed by atoms with Gasteiger partial charge in [0.15, 0.2) is 6.29 Å². The molecule has 2 heteroatoms. The Balaban J connectivity index is 2.73. The Morgan fingerprint density at radius 2 is 2.07 bits per heavy atom. The van der Waals surface area contributed by atoms with E-state index in [1.54, 1.807) is 7.11 Å². The van der Waals surface area contributed by atoms with Gasteiger partial charge in [-0.15, -0.1) is 0 Å². The maximum atomic E-state index is 10.7. The van der Waals surface area contributed by atoms with Crippen LogP contribution in [0.3, 0.4) is 0 Å². The van der Waals surface area contributed by atoms with E-state index in [1.165, 1.54) is 0 Å². The summed E-state index contributed by atoms with van der Waals surface area (Å²) >= 11 is 0. The van der Waals surface area contributed by atoms with E-state index in [2.05, 4.69) is 0 Å². The fourth-order valence-corrected chi connectivity index (χ4v) is 1.52. The Hall–Kier alpha value is -1.83. The summed E-state index contributed by atoms with van der Waals surface area (Å²) < 4.78 is 5.11. The van der Waals surface area contributed by atoms with E-state index in [4.69, 9.17) is 4.74 Å². The van der Waals surface area contributed by atoms with Gasteiger partial charge >= 0.3 is 0 Å². The van der Waals surface area contributed by atoms with E-state index in [0.717, 1.165) is 22.8 Å². The van der Waals surface area contributed by atoms with E-state index < -0.39 is 0 Å². The van der Waals surface area contributed by atoms with E-state index >= 15 is 0 Å². The number of rotatable bonds is 2. The first-order chi connectivity index (χ1) is 6.85. The highest BCUT2D eigenvalue weighted by molar-refractivity contribution is 5.98. The van der Waals surface area contributed by atoms with Crippen LogP contribution in [0, 0.1) is 0 Å². The van der Waals surface area contributed by atoms with Gasteiger partial charge in [0.05, 0.1) is 7.11 Å². The first kappa shape index (κ1) is 8.75. The maximum Gasteiger partial charge on any atom is 0.150 e. The number of hydrogen-bond donors (Lipinski definition) is 0. The van der Waals surface area contributed by atoms with Crippen LogP contribution in [-0.4, -0.2) is 13.4 Å². The molecule has 0 N–H and O–H groups in total. The first-order valence-corrected chi connectivity index (χ1v) is 4.37. The molecule has 0 amide bonds. The van der Waals surface area contributed by atoms with Crippen molar-refractivity contribution in [2.45, 2.75) is 0 Å². The van der Waals surface area contributed by atoms with E-state index in [0.29, 0.717) is 5.56 Å². The van der Waals surface area contributed by atoms with Crippen molar-refractivity contribution in [2.75, 3.05) is 7.11 Å². The summed E-state index contributed by atoms with van der Waals surface area (Å²) in [7, 11) is 1.63. The zero-order valence-corrected chi connectivity index (χ0v) is 7.86. The van der Waals surface area contributed by atoms with Gasteiger partial charge in [-0.3, -0.25) is 4.79 Å². The molecule has 0 aliphatic carbocycles. The van der Waals surface area contributed by atoms with Crippen molar-refractivity contribution < 1.29 is 9.53 Å². The van der Waals surface area contributed by atoms with Crippen molar-refractivity contribution >= 4 is 17.1 Å². The molecule has 0 saturated carbocycles. The molecule has 14 heavy (non-hydrogen) atoms. The van der Waals surface area contributed by atoms with Crippen LogP contribution in [0.15, 0.2) is 36.4 Å². The van der Waals surface area contributed by atoms with Crippen molar-refractivity contribution in [3.05, 3.63) is 42.0 Å². The molecular weight excluding hydrogens is 176 g/mol. The minimum absolute atomic E-state index is 0.713. The summed E-state index contributed by atoms with van der Waals surface area (Å²) in [6.45, 7) is 0. The van der Waals surface area contributed by atoms with Gasteiger partial charge in [0, 0.05) is 5.56 Å². The summed E-state index contributed by atoms with van der Waals surface area (Å²) in [6.07, 6.45) is 0.870. The molecule has 0 unspecified atom stereocenters. The lowest BCUT2D eigenvalue weighted by Crippen LogP contribution is -1.85. The van der Waals surface area contributed by atoms with Gasteiger partial charge in [-0.1, -0.05) is 18.2 Å². The molecule has 0 heterocycles. The standard InChI is InChI=1S/C12H10O2/c1-14-11-5-6-12-9(7-11)3-2-4-10(12)8-13/h2-8H,1H3. The topological polar surface area (TPSA) is 26.3 Å². The Morgan fingerprint density at radius 3 is 2.79 bits per heavy atom. The van der Waals surface area contributed by atoms with Gasteiger partial charge < -0.3 is 4.74 Å². The summed E-state index contributed by atoms with van der Waals surface area (Å²) in [4.78, 5) is 10.7. The largest absolute Gasteiger partial charge is 0.497 e. The lowest BCUT2D eigenvalue weighted by atomic mass is 10.1. The van der Waals surface area contributed by atoms with Crippen molar-refractivity contribution in [3.8, 4) is 5.75 Å². The molecule has 0 spiro atoms. The number of carbonyl (C=O) groups excluding carboxylic acids is 1. The summed E-state index contributed by atoms with van der Waals surface area (Å²) in [5.41, 5.74) is 0.713. The smallest absolute Gasteiger partial charge is 0.150 e. The van der Waals surface area contributed by atoms with Gasteiger partial charge in [0.1, 0.15) is 5.75 Å². The number of aldehydes is 1. The summed E-state index contributed by atoms with van der Waals surface area (Å²) in [5, 5.41) is 1.98. The quantitative estimate of drug-likeness (QED) is 0.674. The second kappa shape index (κ2) is 3.50. The third-order valence-corrected chi connectivity index (χ3v) is 2.25. The molecule has 0 aromatic heterocycles. The van der Waals surface area contributed by atoms with Gasteiger partial charge in [-0.2, -0.15) is 0 Å². The molecule has 0 aliphatic rings. The molecule has 2 aromatic rings. The number of carbonyl (C=O) groups is 1. The van der Waals surface area contributed by atoms with Crippen molar-refractivity contribution in [1.82, 2.24) is 0 Å². The van der Waals surface area contributed by atoms with E-state index in [-0.39, 0.29) is 0 Å². The lowest BCUT2D eigenvalue weighted by Gasteiger charge is -2.03. The molecule has 0 radical (unpaired) electrons. The fraction of sp³-hybridized carbons (Fsp3) is 0.0833. The van der Waals surface area contributed by atoms with Crippen LogP contribution in [0.25, 0.3) is 10.8 Å². The van der Waals surface area contributed by atoms with E-state index in [9.17, 15) is 4.79 Å². The SMILES string of the molecule is COc1ccc2c(C=O)cccc2c1. The van der Waals surface area contributed by atoms with Crippen LogP contribution in [-0.2, 0) is 0 Å². The Kier molecular flexibility index (Phi) is 2.19. The molecule has 2 nitrogen and oxygen atoms in total. The number of hydrogen-bond acceptors (Lipinski definition) is 2. The minimum Gasteiger partial charge on any atom is -0.497 e. The third-order valence-electron chi connectivity index (χ3n) is 2.25. The van der Waals surface area contributed by atoms with Crippen LogP contribution < -0.4 is 4.74 Å². The molecule has 0 bridgehead atoms. The van der Waals surface area contributed by atoms with Gasteiger partial charge in [0.25, 0.3) is 0 Å². The predicted octanol–water partition coefficient (Wildman–Crippen LogP) is 2.66. The summed E-state index contributed by atoms with van der Waals surface area (Å²) in [5.74, 6) is 0.806. The minimum atomic E-state index is 0.713. The highest BCUT2D eigenvalue weighted by atomic mass is 16.5. The van der Waals surface area contributed by atoms with Gasteiger partial charge in [-0.25, -0.2) is 0 Å². The van der Waals surface area contributed by atoms with Crippen molar-refractivity contribution in [3.63, 3.8) is 0 Å². The molecular formula is C12H10O2. The van der Waals surface area contributed by atoms with Crippen LogP contribution in [0.4, 0.5) is 0 Å². The normalized spacial score (nSPS) is 10.1. The van der Waals surface area contributed by atoms with Crippen LogP contribution in [0.1, 0.15) is 10.4 Å². The Morgan fingerprint density at radius 1 is 1.21 bits per heavy atom. The average molecular weight is 186 g/mol. The molecule has 2 rings (SSSR count). The second-order valence-electron chi connectivity index (χ2n) is 3.05. The molecule has 70 valence electrons. The van der Waals surface area contributed by atoms with Crippen molar-refractivity contribution in [1.29, 1.82) is 0 Å². The average Bonchev–Trinajstić information content (AvgIpc) is 2.27. The molecule has 2 aromatic carbocycles. The Labute approximate surface area is 82.1 Å². The molecule has 0 aliphatic heterocycles. The zero-order valence-electron chi connectivity index (χ0n) is 7.86.